The summed E-state index contributed by atoms with van der Waals surface area (Å²) >= 11 is 0. The van der Waals surface area contributed by atoms with Crippen LogP contribution in [0.1, 0.15) is 5.56 Å². The molecule has 1 aromatic heterocycles. The van der Waals surface area contributed by atoms with E-state index >= 15 is 0 Å². The van der Waals surface area contributed by atoms with Crippen LogP contribution >= 0.6 is 0 Å². The minimum atomic E-state index is 0.123. The second-order valence-electron chi connectivity index (χ2n) is 2.85. The van der Waals surface area contributed by atoms with Crippen molar-refractivity contribution in [2.75, 3.05) is 12.4 Å². The normalized spacial score (nSPS) is 10.0. The maximum atomic E-state index is 9.26. The molecule has 0 amide bonds. The van der Waals surface area contributed by atoms with Gasteiger partial charge in [0.1, 0.15) is 23.0 Å². The number of furan rings is 1. The minimum absolute atomic E-state index is 0.123. The van der Waals surface area contributed by atoms with Crippen LogP contribution in [0.4, 0.5) is 5.88 Å². The molecule has 0 saturated heterocycles. The Kier molecular flexibility index (Phi) is 1.79. The van der Waals surface area contributed by atoms with E-state index in [0.29, 0.717) is 22.4 Å². The Hall–Kier alpha value is -2.15. The summed E-state index contributed by atoms with van der Waals surface area (Å²) in [5, 5.41) is 21.6. The Morgan fingerprint density at radius 1 is 1.50 bits per heavy atom. The lowest BCUT2D eigenvalue weighted by Crippen LogP contribution is -1.86. The molecule has 0 unspecified atom stereocenters. The van der Waals surface area contributed by atoms with E-state index in [1.165, 1.54) is 12.1 Å². The highest BCUT2D eigenvalue weighted by Crippen LogP contribution is 2.31. The van der Waals surface area contributed by atoms with Gasteiger partial charge in [-0.3, -0.25) is 0 Å². The van der Waals surface area contributed by atoms with Crippen LogP contribution in [-0.4, -0.2) is 12.2 Å². The summed E-state index contributed by atoms with van der Waals surface area (Å²) in [6.07, 6.45) is 0. The average molecular weight is 188 g/mol. The molecule has 4 nitrogen and oxygen atoms in total. The number of hydrogen-bond acceptors (Lipinski definition) is 4. The summed E-state index contributed by atoms with van der Waals surface area (Å²) in [5.74, 6) is 0.547. The first kappa shape index (κ1) is 8.45. The largest absolute Gasteiger partial charge is 0.508 e. The highest BCUT2D eigenvalue weighted by Gasteiger charge is 2.12. The third-order valence-electron chi connectivity index (χ3n) is 2.01. The number of rotatable bonds is 1. The molecule has 0 fully saturated rings. The van der Waals surface area contributed by atoms with Gasteiger partial charge in [-0.15, -0.1) is 0 Å². The van der Waals surface area contributed by atoms with Crippen molar-refractivity contribution < 1.29 is 9.52 Å². The monoisotopic (exact) mass is 188 g/mol. The summed E-state index contributed by atoms with van der Waals surface area (Å²) in [7, 11) is 1.68. The van der Waals surface area contributed by atoms with Gasteiger partial charge in [-0.1, -0.05) is 0 Å². The van der Waals surface area contributed by atoms with Gasteiger partial charge >= 0.3 is 0 Å². The van der Waals surface area contributed by atoms with Gasteiger partial charge in [-0.25, -0.2) is 0 Å². The summed E-state index contributed by atoms with van der Waals surface area (Å²) < 4.78 is 5.35. The minimum Gasteiger partial charge on any atom is -0.508 e. The summed E-state index contributed by atoms with van der Waals surface area (Å²) in [6.45, 7) is 0. The molecule has 2 aromatic rings. The maximum absolute atomic E-state index is 9.26. The molecule has 1 heterocycles. The number of aromatic hydroxyl groups is 1. The van der Waals surface area contributed by atoms with Crippen molar-refractivity contribution in [3.63, 3.8) is 0 Å². The Morgan fingerprint density at radius 3 is 2.93 bits per heavy atom. The Balaban J connectivity index is 2.83. The molecule has 1 aromatic carbocycles. The SMILES string of the molecule is CNc1oc2ccc(O)cc2c1C#N. The van der Waals surface area contributed by atoms with Crippen LogP contribution in [0.5, 0.6) is 5.75 Å². The van der Waals surface area contributed by atoms with Gasteiger partial charge in [0.15, 0.2) is 0 Å². The van der Waals surface area contributed by atoms with Crippen LogP contribution in [-0.2, 0) is 0 Å². The molecule has 0 atom stereocenters. The topological polar surface area (TPSA) is 69.2 Å². The van der Waals surface area contributed by atoms with E-state index in [4.69, 9.17) is 9.68 Å². The number of hydrogen-bond donors (Lipinski definition) is 2. The third-order valence-corrected chi connectivity index (χ3v) is 2.01. The summed E-state index contributed by atoms with van der Waals surface area (Å²) in [5.41, 5.74) is 1.00. The molecule has 2 N–H and O–H groups in total. The van der Waals surface area contributed by atoms with Gasteiger partial charge in [0, 0.05) is 12.4 Å². The quantitative estimate of drug-likeness (QED) is 0.718. The van der Waals surface area contributed by atoms with Crippen molar-refractivity contribution in [2.24, 2.45) is 0 Å². The first-order valence-corrected chi connectivity index (χ1v) is 4.09. The molecule has 70 valence electrons. The fourth-order valence-electron chi connectivity index (χ4n) is 1.37. The zero-order valence-corrected chi connectivity index (χ0v) is 7.53. The number of fused-ring (bicyclic) bond motifs is 1. The second-order valence-corrected chi connectivity index (χ2v) is 2.85. The van der Waals surface area contributed by atoms with Crippen LogP contribution < -0.4 is 5.32 Å². The van der Waals surface area contributed by atoms with E-state index in [9.17, 15) is 5.11 Å². The first-order valence-electron chi connectivity index (χ1n) is 4.09. The standard InChI is InChI=1S/C10H8N2O2/c1-12-10-8(5-11)7-4-6(13)2-3-9(7)14-10/h2-4,12-13H,1H3. The molecule has 4 heteroatoms. The maximum Gasteiger partial charge on any atom is 0.211 e. The van der Waals surface area contributed by atoms with Gasteiger partial charge < -0.3 is 14.8 Å². The van der Waals surface area contributed by atoms with E-state index in [1.807, 2.05) is 6.07 Å². The molecule has 0 radical (unpaired) electrons. The number of phenols is 1. The van der Waals surface area contributed by atoms with Gasteiger partial charge in [0.05, 0.1) is 0 Å². The van der Waals surface area contributed by atoms with Crippen molar-refractivity contribution in [3.05, 3.63) is 23.8 Å². The van der Waals surface area contributed by atoms with E-state index in [2.05, 4.69) is 5.32 Å². The summed E-state index contributed by atoms with van der Waals surface area (Å²) in [6, 6.07) is 6.69. The molecule has 0 saturated carbocycles. The molecule has 0 aliphatic heterocycles. The molecule has 0 aliphatic carbocycles. The third kappa shape index (κ3) is 1.07. The molecular formula is C10H8N2O2. The fraction of sp³-hybridized carbons (Fsp3) is 0.100. The lowest BCUT2D eigenvalue weighted by molar-refractivity contribution is 0.476. The van der Waals surface area contributed by atoms with Crippen molar-refractivity contribution in [1.82, 2.24) is 0 Å². The molecule has 0 spiro atoms. The smallest absolute Gasteiger partial charge is 0.211 e. The van der Waals surface area contributed by atoms with Gasteiger partial charge in [-0.2, -0.15) is 5.26 Å². The number of nitriles is 1. The lowest BCUT2D eigenvalue weighted by Gasteiger charge is -1.90. The summed E-state index contributed by atoms with van der Waals surface area (Å²) in [4.78, 5) is 0. The van der Waals surface area contributed by atoms with E-state index in [0.717, 1.165) is 0 Å². The van der Waals surface area contributed by atoms with Crippen molar-refractivity contribution in [1.29, 1.82) is 5.26 Å². The van der Waals surface area contributed by atoms with E-state index in [1.54, 1.807) is 13.1 Å². The number of benzene rings is 1. The Labute approximate surface area is 80.4 Å². The Bertz CT molecular complexity index is 523. The van der Waals surface area contributed by atoms with Gasteiger partial charge in [-0.05, 0) is 18.2 Å². The van der Waals surface area contributed by atoms with E-state index in [-0.39, 0.29) is 5.75 Å². The highest BCUT2D eigenvalue weighted by atomic mass is 16.3. The predicted molar refractivity (Wildman–Crippen MR) is 52.1 cm³/mol. The van der Waals surface area contributed by atoms with Crippen molar-refractivity contribution >= 4 is 16.9 Å². The first-order chi connectivity index (χ1) is 6.76. The Morgan fingerprint density at radius 2 is 2.29 bits per heavy atom. The molecule has 14 heavy (non-hydrogen) atoms. The lowest BCUT2D eigenvalue weighted by atomic mass is 10.2. The number of nitrogens with one attached hydrogen (secondary N) is 1. The van der Waals surface area contributed by atoms with Crippen molar-refractivity contribution in [2.45, 2.75) is 0 Å². The number of phenolic OH excluding ortho intramolecular Hbond substituents is 1. The van der Waals surface area contributed by atoms with Gasteiger partial charge in [0.2, 0.25) is 5.88 Å². The molecule has 0 aliphatic rings. The van der Waals surface area contributed by atoms with Crippen LogP contribution in [0.3, 0.4) is 0 Å². The predicted octanol–water partition coefficient (Wildman–Crippen LogP) is 2.05. The van der Waals surface area contributed by atoms with Crippen LogP contribution in [0.15, 0.2) is 22.6 Å². The number of anilines is 1. The van der Waals surface area contributed by atoms with E-state index < -0.39 is 0 Å². The molecule has 0 bridgehead atoms. The zero-order chi connectivity index (χ0) is 10.1. The van der Waals surface area contributed by atoms with Crippen LogP contribution in [0, 0.1) is 11.3 Å². The van der Waals surface area contributed by atoms with Crippen LogP contribution in [0.2, 0.25) is 0 Å². The molecule has 2 rings (SSSR count). The van der Waals surface area contributed by atoms with Crippen LogP contribution in [0.25, 0.3) is 11.0 Å². The average Bonchev–Trinajstić information content (AvgIpc) is 2.54. The number of nitrogens with zero attached hydrogens (tertiary/aromatic N) is 1. The zero-order valence-electron chi connectivity index (χ0n) is 7.53. The molecular weight excluding hydrogens is 180 g/mol. The van der Waals surface area contributed by atoms with Gasteiger partial charge in [0.25, 0.3) is 0 Å². The fourth-order valence-corrected chi connectivity index (χ4v) is 1.37. The second kappa shape index (κ2) is 2.96. The highest BCUT2D eigenvalue weighted by molar-refractivity contribution is 5.89. The van der Waals surface area contributed by atoms with Crippen molar-refractivity contribution in [3.8, 4) is 11.8 Å².